The average Bonchev–Trinajstić information content (AvgIpc) is 2.72. The van der Waals surface area contributed by atoms with Crippen molar-refractivity contribution in [2.24, 2.45) is 0 Å². The predicted octanol–water partition coefficient (Wildman–Crippen LogP) is 3.28. The molecule has 7 heteroatoms. The van der Waals surface area contributed by atoms with Crippen molar-refractivity contribution in [2.45, 2.75) is 50.5 Å². The van der Waals surface area contributed by atoms with E-state index in [1.807, 2.05) is 32.0 Å². The fraction of sp³-hybridized carbons (Fsp3) is 0.409. The van der Waals surface area contributed by atoms with Gasteiger partial charge in [-0.1, -0.05) is 43.7 Å². The topological polar surface area (TPSA) is 84.5 Å². The van der Waals surface area contributed by atoms with E-state index >= 15 is 0 Å². The molecule has 1 amide bonds. The molecule has 0 aliphatic carbocycles. The van der Waals surface area contributed by atoms with Crippen LogP contribution in [-0.2, 0) is 21.2 Å². The van der Waals surface area contributed by atoms with Crippen LogP contribution in [-0.4, -0.2) is 33.5 Å². The summed E-state index contributed by atoms with van der Waals surface area (Å²) in [5.41, 5.74) is 1.24. The van der Waals surface area contributed by atoms with Crippen LogP contribution < -0.4 is 14.8 Å². The minimum Gasteiger partial charge on any atom is -0.484 e. The molecule has 29 heavy (non-hydrogen) atoms. The summed E-state index contributed by atoms with van der Waals surface area (Å²) >= 11 is 0. The van der Waals surface area contributed by atoms with Crippen LogP contribution in [0.4, 0.5) is 0 Å². The number of nitrogens with one attached hydrogen (secondary N) is 2. The second kappa shape index (κ2) is 11.6. The number of carbonyl (C=O) groups excluding carboxylic acids is 1. The van der Waals surface area contributed by atoms with E-state index in [4.69, 9.17) is 4.74 Å². The third-order valence-corrected chi connectivity index (χ3v) is 5.92. The van der Waals surface area contributed by atoms with Crippen LogP contribution >= 0.6 is 0 Å². The Balaban J connectivity index is 1.75. The molecule has 2 aromatic carbocycles. The van der Waals surface area contributed by atoms with Crippen molar-refractivity contribution >= 4 is 15.9 Å². The van der Waals surface area contributed by atoms with E-state index in [-0.39, 0.29) is 23.5 Å². The lowest BCUT2D eigenvalue weighted by atomic mass is 10.1. The minimum absolute atomic E-state index is 0.0352. The molecule has 0 saturated heterocycles. The van der Waals surface area contributed by atoms with Crippen LogP contribution in [0.2, 0.25) is 0 Å². The highest BCUT2D eigenvalue weighted by Crippen LogP contribution is 2.16. The predicted molar refractivity (Wildman–Crippen MR) is 114 cm³/mol. The maximum absolute atomic E-state index is 12.2. The standard InChI is InChI=1S/C22H30N2O4S/c1-3-4-16-23-29(26,27)21-14-12-20(13-15-21)28-17-22(25)24-18(2)10-11-19-8-6-5-7-9-19/h5-9,12-15,18,23H,3-4,10-11,16-17H2,1-2H3,(H,24,25)/t18-/m0/s1. The lowest BCUT2D eigenvalue weighted by molar-refractivity contribution is -0.123. The van der Waals surface area contributed by atoms with Gasteiger partial charge in [-0.2, -0.15) is 0 Å². The highest BCUT2D eigenvalue weighted by molar-refractivity contribution is 7.89. The van der Waals surface area contributed by atoms with Gasteiger partial charge < -0.3 is 10.1 Å². The van der Waals surface area contributed by atoms with Crippen LogP contribution in [0.15, 0.2) is 59.5 Å². The quantitative estimate of drug-likeness (QED) is 0.518. The van der Waals surface area contributed by atoms with Gasteiger partial charge in [-0.15, -0.1) is 0 Å². The SMILES string of the molecule is CCCCNS(=O)(=O)c1ccc(OCC(=O)N[C@@H](C)CCc2ccccc2)cc1. The summed E-state index contributed by atoms with van der Waals surface area (Å²) in [5, 5.41) is 2.91. The second-order valence-corrected chi connectivity index (χ2v) is 8.77. The number of rotatable bonds is 12. The van der Waals surface area contributed by atoms with E-state index in [2.05, 4.69) is 22.2 Å². The number of ether oxygens (including phenoxy) is 1. The van der Waals surface area contributed by atoms with Crippen molar-refractivity contribution < 1.29 is 17.9 Å². The first kappa shape index (κ1) is 22.9. The second-order valence-electron chi connectivity index (χ2n) is 7.00. The molecule has 6 nitrogen and oxygen atoms in total. The molecule has 0 aromatic heterocycles. The third kappa shape index (κ3) is 8.25. The number of aryl methyl sites for hydroxylation is 1. The fourth-order valence-corrected chi connectivity index (χ4v) is 3.82. The number of unbranched alkanes of at least 4 members (excludes halogenated alkanes) is 1. The Morgan fingerprint density at radius 3 is 2.41 bits per heavy atom. The van der Waals surface area contributed by atoms with Crippen LogP contribution in [0.3, 0.4) is 0 Å². The molecule has 0 bridgehead atoms. The van der Waals surface area contributed by atoms with Gasteiger partial charge in [0.2, 0.25) is 10.0 Å². The van der Waals surface area contributed by atoms with E-state index in [0.717, 1.165) is 25.7 Å². The van der Waals surface area contributed by atoms with Gasteiger partial charge in [0.25, 0.3) is 5.91 Å². The first-order valence-electron chi connectivity index (χ1n) is 9.96. The highest BCUT2D eigenvalue weighted by atomic mass is 32.2. The van der Waals surface area contributed by atoms with Gasteiger partial charge in [0.05, 0.1) is 4.90 Å². The highest BCUT2D eigenvalue weighted by Gasteiger charge is 2.13. The number of carbonyl (C=O) groups is 1. The molecule has 0 spiro atoms. The summed E-state index contributed by atoms with van der Waals surface area (Å²) < 4.78 is 32.3. The molecule has 0 heterocycles. The van der Waals surface area contributed by atoms with Crippen molar-refractivity contribution in [3.8, 4) is 5.75 Å². The number of benzene rings is 2. The summed E-state index contributed by atoms with van der Waals surface area (Å²) in [6.07, 6.45) is 3.44. The van der Waals surface area contributed by atoms with Crippen LogP contribution in [0.5, 0.6) is 5.75 Å². The Morgan fingerprint density at radius 1 is 1.07 bits per heavy atom. The molecule has 2 rings (SSSR count). The molecule has 0 saturated carbocycles. The lowest BCUT2D eigenvalue weighted by Crippen LogP contribution is -2.36. The van der Waals surface area contributed by atoms with Gasteiger partial charge in [0.1, 0.15) is 5.75 Å². The molecule has 0 unspecified atom stereocenters. The number of hydrogen-bond acceptors (Lipinski definition) is 4. The van der Waals surface area contributed by atoms with Gasteiger partial charge in [-0.05, 0) is 56.0 Å². The largest absolute Gasteiger partial charge is 0.484 e. The fourth-order valence-electron chi connectivity index (χ4n) is 2.75. The Hall–Kier alpha value is -2.38. The minimum atomic E-state index is -3.51. The zero-order chi connectivity index (χ0) is 21.1. The molecule has 0 aliphatic heterocycles. The number of hydrogen-bond donors (Lipinski definition) is 2. The van der Waals surface area contributed by atoms with E-state index in [9.17, 15) is 13.2 Å². The van der Waals surface area contributed by atoms with Gasteiger partial charge in [0, 0.05) is 12.6 Å². The van der Waals surface area contributed by atoms with Gasteiger partial charge in [-0.3, -0.25) is 4.79 Å². The molecule has 158 valence electrons. The van der Waals surface area contributed by atoms with Crippen LogP contribution in [0.1, 0.15) is 38.7 Å². The van der Waals surface area contributed by atoms with E-state index in [1.54, 1.807) is 12.1 Å². The smallest absolute Gasteiger partial charge is 0.258 e. The molecule has 1 atom stereocenters. The Labute approximate surface area is 173 Å². The zero-order valence-electron chi connectivity index (χ0n) is 17.1. The molecular weight excluding hydrogens is 388 g/mol. The molecular formula is C22H30N2O4S. The van der Waals surface area contributed by atoms with Crippen LogP contribution in [0, 0.1) is 0 Å². The van der Waals surface area contributed by atoms with Crippen molar-refractivity contribution in [1.29, 1.82) is 0 Å². The van der Waals surface area contributed by atoms with Crippen molar-refractivity contribution in [3.63, 3.8) is 0 Å². The molecule has 2 N–H and O–H groups in total. The summed E-state index contributed by atoms with van der Waals surface area (Å²) in [4.78, 5) is 12.2. The van der Waals surface area contributed by atoms with Gasteiger partial charge >= 0.3 is 0 Å². The molecule has 2 aromatic rings. The Morgan fingerprint density at radius 2 is 1.76 bits per heavy atom. The summed E-state index contributed by atoms with van der Waals surface area (Å²) in [6, 6.07) is 16.2. The first-order chi connectivity index (χ1) is 13.9. The molecule has 0 fully saturated rings. The van der Waals surface area contributed by atoms with E-state index in [1.165, 1.54) is 17.7 Å². The molecule has 0 radical (unpaired) electrons. The third-order valence-electron chi connectivity index (χ3n) is 4.44. The number of sulfonamides is 1. The monoisotopic (exact) mass is 418 g/mol. The van der Waals surface area contributed by atoms with Crippen molar-refractivity contribution in [2.75, 3.05) is 13.2 Å². The van der Waals surface area contributed by atoms with Crippen molar-refractivity contribution in [1.82, 2.24) is 10.0 Å². The number of amides is 1. The maximum Gasteiger partial charge on any atom is 0.258 e. The summed E-state index contributed by atoms with van der Waals surface area (Å²) in [7, 11) is -3.51. The summed E-state index contributed by atoms with van der Waals surface area (Å²) in [5.74, 6) is 0.244. The van der Waals surface area contributed by atoms with E-state index < -0.39 is 10.0 Å². The van der Waals surface area contributed by atoms with E-state index in [0.29, 0.717) is 12.3 Å². The average molecular weight is 419 g/mol. The normalized spacial score (nSPS) is 12.3. The van der Waals surface area contributed by atoms with Crippen LogP contribution in [0.25, 0.3) is 0 Å². The molecule has 0 aliphatic rings. The van der Waals surface area contributed by atoms with Gasteiger partial charge in [0.15, 0.2) is 6.61 Å². The van der Waals surface area contributed by atoms with Gasteiger partial charge in [-0.25, -0.2) is 13.1 Å². The summed E-state index contributed by atoms with van der Waals surface area (Å²) in [6.45, 7) is 4.27. The Bertz CT molecular complexity index is 852. The maximum atomic E-state index is 12.2. The first-order valence-corrected chi connectivity index (χ1v) is 11.4. The lowest BCUT2D eigenvalue weighted by Gasteiger charge is -2.14. The van der Waals surface area contributed by atoms with Crippen molar-refractivity contribution in [3.05, 3.63) is 60.2 Å². The zero-order valence-corrected chi connectivity index (χ0v) is 17.9. The Kier molecular flexibility index (Phi) is 9.15.